The second-order valence-electron chi connectivity index (χ2n) is 5.20. The maximum atomic E-state index is 9.51. The Bertz CT molecular complexity index is 716. The Labute approximate surface area is 127 Å². The lowest BCUT2D eigenvalue weighted by Crippen LogP contribution is -2.27. The minimum absolute atomic E-state index is 0.169. The monoisotopic (exact) mass is 302 g/mol. The third-order valence-electron chi connectivity index (χ3n) is 3.86. The van der Waals surface area contributed by atoms with E-state index in [9.17, 15) is 5.26 Å². The Balaban J connectivity index is 2.25. The standard InChI is InChI=1S/C14H18N6S/c1-3-10-9(6-15)11-12(17-10)18-14(21-2)19-13(11)20-5-4-8(16)7-20/h8H,3-5,7,16H2,1-2H3,(H,17,18,19)/t8-/m1/s1. The number of hydrogen-bond donors (Lipinski definition) is 2. The number of thioether (sulfide) groups is 1. The summed E-state index contributed by atoms with van der Waals surface area (Å²) >= 11 is 1.50. The molecule has 2 aromatic heterocycles. The molecule has 1 saturated heterocycles. The molecule has 0 bridgehead atoms. The summed E-state index contributed by atoms with van der Waals surface area (Å²) in [7, 11) is 0. The fourth-order valence-electron chi connectivity index (χ4n) is 2.79. The SMILES string of the molecule is CCc1[nH]c2nc(SC)nc(N3CC[C@@H](N)C3)c2c1C#N. The van der Waals surface area contributed by atoms with E-state index in [0.29, 0.717) is 10.7 Å². The fraction of sp³-hybridized carbons (Fsp3) is 0.500. The van der Waals surface area contributed by atoms with Gasteiger partial charge in [-0.15, -0.1) is 0 Å². The van der Waals surface area contributed by atoms with Gasteiger partial charge in [-0.2, -0.15) is 5.26 Å². The van der Waals surface area contributed by atoms with Gasteiger partial charge in [-0.25, -0.2) is 9.97 Å². The van der Waals surface area contributed by atoms with Crippen LogP contribution in [0.25, 0.3) is 11.0 Å². The van der Waals surface area contributed by atoms with Crippen molar-refractivity contribution in [2.24, 2.45) is 5.73 Å². The van der Waals surface area contributed by atoms with Gasteiger partial charge in [-0.05, 0) is 19.1 Å². The highest BCUT2D eigenvalue weighted by Gasteiger charge is 2.26. The summed E-state index contributed by atoms with van der Waals surface area (Å²) < 4.78 is 0. The quantitative estimate of drug-likeness (QED) is 0.661. The lowest BCUT2D eigenvalue weighted by molar-refractivity contribution is 0.751. The molecule has 1 fully saturated rings. The van der Waals surface area contributed by atoms with Crippen LogP contribution in [0, 0.1) is 11.3 Å². The summed E-state index contributed by atoms with van der Waals surface area (Å²) in [6.45, 7) is 3.68. The molecule has 21 heavy (non-hydrogen) atoms. The van der Waals surface area contributed by atoms with Crippen LogP contribution in [0.4, 0.5) is 5.82 Å². The summed E-state index contributed by atoms with van der Waals surface area (Å²) in [6.07, 6.45) is 3.68. The van der Waals surface area contributed by atoms with Crippen molar-refractivity contribution >= 4 is 28.6 Å². The molecule has 1 aliphatic heterocycles. The smallest absolute Gasteiger partial charge is 0.191 e. The molecule has 6 nitrogen and oxygen atoms in total. The van der Waals surface area contributed by atoms with Gasteiger partial charge < -0.3 is 15.6 Å². The van der Waals surface area contributed by atoms with E-state index in [1.807, 2.05) is 13.2 Å². The highest BCUT2D eigenvalue weighted by Crippen LogP contribution is 2.32. The molecule has 0 unspecified atom stereocenters. The number of nitrogens with one attached hydrogen (secondary N) is 1. The molecule has 0 aliphatic carbocycles. The topological polar surface area (TPSA) is 94.6 Å². The van der Waals surface area contributed by atoms with Crippen LogP contribution < -0.4 is 10.6 Å². The predicted octanol–water partition coefficient (Wildman–Crippen LogP) is 1.65. The van der Waals surface area contributed by atoms with Gasteiger partial charge >= 0.3 is 0 Å². The molecule has 3 rings (SSSR count). The molecule has 0 spiro atoms. The average Bonchev–Trinajstić information content (AvgIpc) is 3.08. The first kappa shape index (κ1) is 14.2. The summed E-state index contributed by atoms with van der Waals surface area (Å²) in [5.74, 6) is 0.838. The largest absolute Gasteiger partial charge is 0.354 e. The zero-order valence-electron chi connectivity index (χ0n) is 12.2. The normalized spacial score (nSPS) is 18.4. The number of aromatic amines is 1. The molecule has 110 valence electrons. The highest BCUT2D eigenvalue weighted by atomic mass is 32.2. The molecule has 2 aromatic rings. The molecular weight excluding hydrogens is 284 g/mol. The van der Waals surface area contributed by atoms with Crippen molar-refractivity contribution in [3.63, 3.8) is 0 Å². The van der Waals surface area contributed by atoms with E-state index < -0.39 is 0 Å². The van der Waals surface area contributed by atoms with Crippen molar-refractivity contribution in [1.29, 1.82) is 5.26 Å². The van der Waals surface area contributed by atoms with Gasteiger partial charge in [0.1, 0.15) is 17.5 Å². The number of nitrogens with two attached hydrogens (primary N) is 1. The Morgan fingerprint density at radius 1 is 1.52 bits per heavy atom. The van der Waals surface area contributed by atoms with E-state index in [2.05, 4.69) is 25.9 Å². The van der Waals surface area contributed by atoms with Gasteiger partial charge in [0.05, 0.1) is 10.9 Å². The fourth-order valence-corrected chi connectivity index (χ4v) is 3.15. The van der Waals surface area contributed by atoms with Gasteiger partial charge in [0.15, 0.2) is 5.16 Å². The number of fused-ring (bicyclic) bond motifs is 1. The summed E-state index contributed by atoms with van der Waals surface area (Å²) in [6, 6.07) is 2.48. The van der Waals surface area contributed by atoms with Gasteiger partial charge in [-0.1, -0.05) is 18.7 Å². The molecule has 0 amide bonds. The van der Waals surface area contributed by atoms with E-state index in [4.69, 9.17) is 5.73 Å². The van der Waals surface area contributed by atoms with Crippen LogP contribution in [0.1, 0.15) is 24.6 Å². The van der Waals surface area contributed by atoms with Gasteiger partial charge in [0.2, 0.25) is 0 Å². The van der Waals surface area contributed by atoms with Gasteiger partial charge in [-0.3, -0.25) is 0 Å². The van der Waals surface area contributed by atoms with Crippen molar-refractivity contribution in [2.75, 3.05) is 24.2 Å². The minimum atomic E-state index is 0.169. The van der Waals surface area contributed by atoms with Crippen LogP contribution in [0.3, 0.4) is 0 Å². The number of nitrogens with zero attached hydrogens (tertiary/aromatic N) is 4. The molecule has 0 saturated carbocycles. The number of H-pyrrole nitrogens is 1. The Morgan fingerprint density at radius 2 is 2.33 bits per heavy atom. The molecule has 3 heterocycles. The number of aromatic nitrogens is 3. The summed E-state index contributed by atoms with van der Waals surface area (Å²) in [5.41, 5.74) is 8.35. The van der Waals surface area contributed by atoms with Crippen molar-refractivity contribution in [3.8, 4) is 6.07 Å². The van der Waals surface area contributed by atoms with Gasteiger partial charge in [0, 0.05) is 24.8 Å². The number of aryl methyl sites for hydroxylation is 1. The third-order valence-corrected chi connectivity index (χ3v) is 4.41. The van der Waals surface area contributed by atoms with E-state index in [-0.39, 0.29) is 6.04 Å². The predicted molar refractivity (Wildman–Crippen MR) is 84.6 cm³/mol. The van der Waals surface area contributed by atoms with Crippen LogP contribution >= 0.6 is 11.8 Å². The maximum Gasteiger partial charge on any atom is 0.191 e. The first-order chi connectivity index (χ1) is 10.2. The molecule has 7 heteroatoms. The number of hydrogen-bond acceptors (Lipinski definition) is 6. The second-order valence-corrected chi connectivity index (χ2v) is 5.97. The summed E-state index contributed by atoms with van der Waals surface area (Å²) in [5, 5.41) is 11.1. The van der Waals surface area contributed by atoms with E-state index >= 15 is 0 Å². The van der Waals surface area contributed by atoms with Crippen molar-refractivity contribution in [2.45, 2.75) is 31.0 Å². The first-order valence-electron chi connectivity index (χ1n) is 7.05. The van der Waals surface area contributed by atoms with Crippen LogP contribution in [0.15, 0.2) is 5.16 Å². The molecule has 0 aromatic carbocycles. The van der Waals surface area contributed by atoms with Crippen LogP contribution in [0.2, 0.25) is 0 Å². The number of anilines is 1. The molecular formula is C14H18N6S. The number of rotatable bonds is 3. The van der Waals surface area contributed by atoms with Crippen LogP contribution in [-0.2, 0) is 6.42 Å². The number of nitriles is 1. The molecule has 1 atom stereocenters. The lowest BCUT2D eigenvalue weighted by Gasteiger charge is -2.18. The Morgan fingerprint density at radius 3 is 2.90 bits per heavy atom. The first-order valence-corrected chi connectivity index (χ1v) is 8.27. The van der Waals surface area contributed by atoms with E-state index in [1.165, 1.54) is 11.8 Å². The third kappa shape index (κ3) is 2.34. The molecule has 1 aliphatic rings. The van der Waals surface area contributed by atoms with E-state index in [1.54, 1.807) is 0 Å². The molecule has 3 N–H and O–H groups in total. The molecule has 0 radical (unpaired) electrons. The van der Waals surface area contributed by atoms with Crippen LogP contribution in [0.5, 0.6) is 0 Å². The van der Waals surface area contributed by atoms with Crippen molar-refractivity contribution < 1.29 is 0 Å². The zero-order valence-corrected chi connectivity index (χ0v) is 13.0. The second kappa shape index (κ2) is 5.54. The summed E-state index contributed by atoms with van der Waals surface area (Å²) in [4.78, 5) is 14.6. The average molecular weight is 302 g/mol. The van der Waals surface area contributed by atoms with E-state index in [0.717, 1.165) is 48.5 Å². The zero-order chi connectivity index (χ0) is 15.0. The van der Waals surface area contributed by atoms with Crippen LogP contribution in [-0.4, -0.2) is 40.3 Å². The Hall–Kier alpha value is -1.78. The highest BCUT2D eigenvalue weighted by molar-refractivity contribution is 7.98. The minimum Gasteiger partial charge on any atom is -0.354 e. The Kier molecular flexibility index (Phi) is 3.74. The maximum absolute atomic E-state index is 9.51. The van der Waals surface area contributed by atoms with Gasteiger partial charge in [0.25, 0.3) is 0 Å². The van der Waals surface area contributed by atoms with Crippen molar-refractivity contribution in [3.05, 3.63) is 11.3 Å². The van der Waals surface area contributed by atoms with Crippen molar-refractivity contribution in [1.82, 2.24) is 15.0 Å². The lowest BCUT2D eigenvalue weighted by atomic mass is 10.1.